The minimum Gasteiger partial charge on any atom is -0.330 e. The molecule has 1 nitrogen and oxygen atoms in total. The molecular formula is C10H19N. The van der Waals surface area contributed by atoms with Gasteiger partial charge in [-0.2, -0.15) is 0 Å². The number of hydrogen-bond acceptors (Lipinski definition) is 1. The highest BCUT2D eigenvalue weighted by atomic mass is 14.6. The summed E-state index contributed by atoms with van der Waals surface area (Å²) in [6.45, 7) is 7.16. The van der Waals surface area contributed by atoms with Gasteiger partial charge < -0.3 is 5.73 Å². The van der Waals surface area contributed by atoms with Crippen LogP contribution in [0.1, 0.15) is 33.6 Å². The lowest BCUT2D eigenvalue weighted by molar-refractivity contribution is 0.271. The summed E-state index contributed by atoms with van der Waals surface area (Å²) in [7, 11) is 0. The molecule has 0 radical (unpaired) electrons. The summed E-state index contributed by atoms with van der Waals surface area (Å²) in [5, 5.41) is 0. The molecule has 0 aromatic rings. The molecule has 0 bridgehead atoms. The molecule has 0 aliphatic heterocycles. The van der Waals surface area contributed by atoms with Gasteiger partial charge in [-0.3, -0.25) is 0 Å². The average Bonchev–Trinajstić information content (AvgIpc) is 2.04. The Morgan fingerprint density at radius 1 is 1.64 bits per heavy atom. The molecule has 0 rings (SSSR count). The Hall–Kier alpha value is -0.480. The predicted molar refractivity (Wildman–Crippen MR) is 50.1 cm³/mol. The third kappa shape index (κ3) is 3.43. The molecule has 0 saturated carbocycles. The van der Waals surface area contributed by atoms with Gasteiger partial charge in [0.1, 0.15) is 0 Å². The van der Waals surface area contributed by atoms with Gasteiger partial charge in [-0.1, -0.05) is 20.8 Å². The van der Waals surface area contributed by atoms with E-state index in [1.807, 2.05) is 0 Å². The van der Waals surface area contributed by atoms with E-state index in [1.54, 1.807) is 0 Å². The fourth-order valence-corrected chi connectivity index (χ4v) is 1.17. The summed E-state index contributed by atoms with van der Waals surface area (Å²) < 4.78 is 0. The van der Waals surface area contributed by atoms with Crippen LogP contribution in [0.3, 0.4) is 0 Å². The monoisotopic (exact) mass is 153 g/mol. The van der Waals surface area contributed by atoms with Crippen LogP contribution >= 0.6 is 0 Å². The maximum absolute atomic E-state index is 5.65. The molecule has 0 aromatic carbocycles. The second kappa shape index (κ2) is 4.41. The van der Waals surface area contributed by atoms with Gasteiger partial charge in [-0.25, -0.2) is 0 Å². The first-order chi connectivity index (χ1) is 5.08. The van der Waals surface area contributed by atoms with Gasteiger partial charge in [0, 0.05) is 5.92 Å². The van der Waals surface area contributed by atoms with E-state index in [-0.39, 0.29) is 5.41 Å². The fourth-order valence-electron chi connectivity index (χ4n) is 1.17. The van der Waals surface area contributed by atoms with Gasteiger partial charge in [0.25, 0.3) is 0 Å². The maximum Gasteiger partial charge on any atom is 0.0177 e. The highest BCUT2D eigenvalue weighted by Gasteiger charge is 2.21. The topological polar surface area (TPSA) is 26.0 Å². The first kappa shape index (κ1) is 10.5. The molecule has 64 valence electrons. The van der Waals surface area contributed by atoms with Gasteiger partial charge in [0.15, 0.2) is 0 Å². The van der Waals surface area contributed by atoms with Crippen molar-refractivity contribution in [3.8, 4) is 12.3 Å². The average molecular weight is 153 g/mol. The predicted octanol–water partition coefficient (Wildman–Crippen LogP) is 2.02. The zero-order valence-corrected chi connectivity index (χ0v) is 7.85. The molecule has 2 N–H and O–H groups in total. The molecular weight excluding hydrogens is 134 g/mol. The normalized spacial score (nSPS) is 18.5. The van der Waals surface area contributed by atoms with Crippen LogP contribution in [0, 0.1) is 23.7 Å². The van der Waals surface area contributed by atoms with Crippen LogP contribution in [-0.4, -0.2) is 6.54 Å². The van der Waals surface area contributed by atoms with E-state index in [2.05, 4.69) is 26.7 Å². The van der Waals surface area contributed by atoms with Gasteiger partial charge in [0.2, 0.25) is 0 Å². The van der Waals surface area contributed by atoms with Crippen LogP contribution in [0.25, 0.3) is 0 Å². The lowest BCUT2D eigenvalue weighted by Gasteiger charge is -2.27. The third-order valence-corrected chi connectivity index (χ3v) is 2.43. The number of hydrogen-bond donors (Lipinski definition) is 1. The van der Waals surface area contributed by atoms with E-state index < -0.39 is 0 Å². The van der Waals surface area contributed by atoms with Gasteiger partial charge in [-0.15, -0.1) is 12.3 Å². The summed E-state index contributed by atoms with van der Waals surface area (Å²) in [4.78, 5) is 0. The van der Waals surface area contributed by atoms with Crippen LogP contribution in [-0.2, 0) is 0 Å². The Bertz CT molecular complexity index is 139. The SMILES string of the molecule is C#CC(C)C[C@@](C)(CC)CN. The zero-order valence-electron chi connectivity index (χ0n) is 7.85. The molecule has 1 heteroatoms. The van der Waals surface area contributed by atoms with Crippen molar-refractivity contribution in [1.29, 1.82) is 0 Å². The van der Waals surface area contributed by atoms with E-state index in [1.165, 1.54) is 0 Å². The smallest absolute Gasteiger partial charge is 0.0177 e. The largest absolute Gasteiger partial charge is 0.330 e. The van der Waals surface area contributed by atoms with Gasteiger partial charge in [0.05, 0.1) is 0 Å². The van der Waals surface area contributed by atoms with E-state index in [0.29, 0.717) is 5.92 Å². The summed E-state index contributed by atoms with van der Waals surface area (Å²) in [5.74, 6) is 3.08. The number of terminal acetylenes is 1. The minimum absolute atomic E-state index is 0.242. The Kier molecular flexibility index (Phi) is 4.22. The molecule has 11 heavy (non-hydrogen) atoms. The Labute approximate surface area is 70.4 Å². The van der Waals surface area contributed by atoms with E-state index in [4.69, 9.17) is 12.2 Å². The zero-order chi connectivity index (χ0) is 8.91. The molecule has 0 aliphatic rings. The fraction of sp³-hybridized carbons (Fsp3) is 0.800. The van der Waals surface area contributed by atoms with Crippen molar-refractivity contribution < 1.29 is 0 Å². The van der Waals surface area contributed by atoms with Crippen LogP contribution in [0.4, 0.5) is 0 Å². The molecule has 0 aromatic heterocycles. The van der Waals surface area contributed by atoms with Crippen molar-refractivity contribution in [2.75, 3.05) is 6.54 Å². The minimum atomic E-state index is 0.242. The van der Waals surface area contributed by atoms with Crippen molar-refractivity contribution in [2.45, 2.75) is 33.6 Å². The highest BCUT2D eigenvalue weighted by Crippen LogP contribution is 2.27. The summed E-state index contributed by atoms with van der Waals surface area (Å²) in [5.41, 5.74) is 5.89. The summed E-state index contributed by atoms with van der Waals surface area (Å²) in [6, 6.07) is 0. The van der Waals surface area contributed by atoms with Gasteiger partial charge in [-0.05, 0) is 24.8 Å². The Morgan fingerprint density at radius 2 is 2.18 bits per heavy atom. The molecule has 1 unspecified atom stereocenters. The number of nitrogens with two attached hydrogens (primary N) is 1. The highest BCUT2D eigenvalue weighted by molar-refractivity contribution is 4.93. The molecule has 0 heterocycles. The van der Waals surface area contributed by atoms with E-state index in [9.17, 15) is 0 Å². The summed E-state index contributed by atoms with van der Waals surface area (Å²) in [6.07, 6.45) is 7.44. The second-order valence-corrected chi connectivity index (χ2v) is 3.64. The van der Waals surface area contributed by atoms with Crippen LogP contribution in [0.5, 0.6) is 0 Å². The quantitative estimate of drug-likeness (QED) is 0.614. The van der Waals surface area contributed by atoms with Crippen LogP contribution in [0.2, 0.25) is 0 Å². The molecule has 0 amide bonds. The van der Waals surface area contributed by atoms with Crippen molar-refractivity contribution >= 4 is 0 Å². The molecule has 2 atom stereocenters. The first-order valence-electron chi connectivity index (χ1n) is 4.24. The van der Waals surface area contributed by atoms with Crippen LogP contribution < -0.4 is 5.73 Å². The van der Waals surface area contributed by atoms with Crippen molar-refractivity contribution in [3.63, 3.8) is 0 Å². The standard InChI is InChI=1S/C10H19N/c1-5-9(3)7-10(4,6-2)8-11/h1,9H,6-8,11H2,2-4H3/t9?,10-/m1/s1. The first-order valence-corrected chi connectivity index (χ1v) is 4.24. The number of rotatable bonds is 4. The van der Waals surface area contributed by atoms with E-state index >= 15 is 0 Å². The molecule has 0 aliphatic carbocycles. The Balaban J connectivity index is 3.99. The molecule has 0 saturated heterocycles. The maximum atomic E-state index is 5.65. The molecule has 0 fully saturated rings. The van der Waals surface area contributed by atoms with Crippen molar-refractivity contribution in [1.82, 2.24) is 0 Å². The van der Waals surface area contributed by atoms with E-state index in [0.717, 1.165) is 19.4 Å². The van der Waals surface area contributed by atoms with Gasteiger partial charge >= 0.3 is 0 Å². The second-order valence-electron chi connectivity index (χ2n) is 3.64. The Morgan fingerprint density at radius 3 is 2.45 bits per heavy atom. The summed E-state index contributed by atoms with van der Waals surface area (Å²) >= 11 is 0. The van der Waals surface area contributed by atoms with Crippen molar-refractivity contribution in [2.24, 2.45) is 17.1 Å². The van der Waals surface area contributed by atoms with Crippen LogP contribution in [0.15, 0.2) is 0 Å². The third-order valence-electron chi connectivity index (χ3n) is 2.43. The van der Waals surface area contributed by atoms with Crippen molar-refractivity contribution in [3.05, 3.63) is 0 Å². The lowest BCUT2D eigenvalue weighted by atomic mass is 9.79. The molecule has 0 spiro atoms. The lowest BCUT2D eigenvalue weighted by Crippen LogP contribution is -2.28.